The van der Waals surface area contributed by atoms with Gasteiger partial charge in [0.05, 0.1) is 21.3 Å². The Labute approximate surface area is 218 Å². The Morgan fingerprint density at radius 1 is 0.842 bits per heavy atom. The quantitative estimate of drug-likeness (QED) is 0.197. The van der Waals surface area contributed by atoms with Gasteiger partial charge in [-0.05, 0) is 60.0 Å². The minimum absolute atomic E-state index is 0.218. The highest BCUT2D eigenvalue weighted by Gasteiger charge is 2.22. The lowest BCUT2D eigenvalue weighted by Crippen LogP contribution is -2.12. The van der Waals surface area contributed by atoms with Crippen LogP contribution in [0.2, 0.25) is 0 Å². The Morgan fingerprint density at radius 2 is 1.55 bits per heavy atom. The topological polar surface area (TPSA) is 156 Å². The Morgan fingerprint density at radius 3 is 2.24 bits per heavy atom. The second-order valence-electron chi connectivity index (χ2n) is 7.88. The summed E-state index contributed by atoms with van der Waals surface area (Å²) in [7, 11) is -0.450. The fraction of sp³-hybridized carbons (Fsp3) is 0.115. The number of rotatable bonds is 8. The highest BCUT2D eigenvalue weighted by Crippen LogP contribution is 2.42. The number of methoxy groups -OCH3 is 3. The van der Waals surface area contributed by atoms with Crippen molar-refractivity contribution in [2.75, 3.05) is 26.6 Å². The number of nitrogens with zero attached hydrogens (tertiary/aromatic N) is 2. The first-order valence-corrected chi connectivity index (χ1v) is 12.5. The SMILES string of the molecule is COc1ccccc1N=Nc1c(S(=O)(=O)O)cc2cc(NC(=O)c3ccc(OC)c(OC)c3)ccc2c1O. The van der Waals surface area contributed by atoms with Crippen LogP contribution in [0.15, 0.2) is 81.9 Å². The zero-order valence-corrected chi connectivity index (χ0v) is 21.3. The summed E-state index contributed by atoms with van der Waals surface area (Å²) in [5.74, 6) is 0.218. The molecule has 1 amide bonds. The van der Waals surface area contributed by atoms with Gasteiger partial charge in [-0.25, -0.2) is 0 Å². The second kappa shape index (κ2) is 10.7. The highest BCUT2D eigenvalue weighted by molar-refractivity contribution is 7.86. The highest BCUT2D eigenvalue weighted by atomic mass is 32.2. The molecule has 0 aromatic heterocycles. The Balaban J connectivity index is 1.73. The number of amides is 1. The van der Waals surface area contributed by atoms with E-state index < -0.39 is 32.4 Å². The predicted molar refractivity (Wildman–Crippen MR) is 140 cm³/mol. The summed E-state index contributed by atoms with van der Waals surface area (Å²) >= 11 is 0. The van der Waals surface area contributed by atoms with E-state index in [1.54, 1.807) is 36.4 Å². The molecule has 12 heteroatoms. The molecule has 4 aromatic rings. The van der Waals surface area contributed by atoms with Crippen LogP contribution in [-0.2, 0) is 10.1 Å². The Hall–Kier alpha value is -4.68. The number of phenolic OH excluding ortho intramolecular Hbond substituents is 1. The maximum absolute atomic E-state index is 12.8. The summed E-state index contributed by atoms with van der Waals surface area (Å²) in [4.78, 5) is 12.1. The first kappa shape index (κ1) is 26.4. The van der Waals surface area contributed by atoms with Gasteiger partial charge in [0.25, 0.3) is 16.0 Å². The Bertz CT molecular complexity index is 1670. The molecule has 4 aromatic carbocycles. The third kappa shape index (κ3) is 5.36. The smallest absolute Gasteiger partial charge is 0.296 e. The number of hydrogen-bond donors (Lipinski definition) is 3. The molecular weight excluding hydrogens is 514 g/mol. The number of anilines is 1. The number of nitrogens with one attached hydrogen (secondary N) is 1. The van der Waals surface area contributed by atoms with Gasteiger partial charge in [-0.15, -0.1) is 10.2 Å². The fourth-order valence-corrected chi connectivity index (χ4v) is 4.38. The normalized spacial score (nSPS) is 11.5. The van der Waals surface area contributed by atoms with Crippen LogP contribution in [0.25, 0.3) is 10.8 Å². The standard InChI is InChI=1S/C26H23N3O8S/c1-35-20-7-5-4-6-19(20)28-29-24-23(38(32,33)34)14-16-12-17(9-10-18(16)25(24)30)27-26(31)15-8-11-21(36-2)22(13-15)37-3/h4-14,30H,1-3H3,(H,27,31)(H,32,33,34). The molecule has 0 aliphatic rings. The first-order chi connectivity index (χ1) is 18.2. The molecule has 0 saturated carbocycles. The zero-order chi connectivity index (χ0) is 27.4. The second-order valence-corrected chi connectivity index (χ2v) is 9.27. The molecule has 0 fully saturated rings. The van der Waals surface area contributed by atoms with Crippen LogP contribution < -0.4 is 19.5 Å². The van der Waals surface area contributed by atoms with Gasteiger partial charge >= 0.3 is 0 Å². The van der Waals surface area contributed by atoms with E-state index in [0.717, 1.165) is 6.07 Å². The van der Waals surface area contributed by atoms with Crippen LogP contribution in [0.1, 0.15) is 10.4 Å². The van der Waals surface area contributed by atoms with Gasteiger partial charge in [-0.1, -0.05) is 12.1 Å². The third-order valence-corrected chi connectivity index (χ3v) is 6.44. The third-order valence-electron chi connectivity index (χ3n) is 5.58. The molecule has 0 atom stereocenters. The molecule has 0 aliphatic carbocycles. The Kier molecular flexibility index (Phi) is 7.46. The number of phenols is 1. The molecule has 0 spiro atoms. The van der Waals surface area contributed by atoms with E-state index in [9.17, 15) is 22.9 Å². The minimum atomic E-state index is -4.82. The molecule has 3 N–H and O–H groups in total. The molecule has 0 heterocycles. The number of fused-ring (bicyclic) bond motifs is 1. The number of para-hydroxylation sites is 1. The van der Waals surface area contributed by atoms with Crippen molar-refractivity contribution in [3.05, 3.63) is 72.3 Å². The van der Waals surface area contributed by atoms with Crippen molar-refractivity contribution in [1.82, 2.24) is 0 Å². The van der Waals surface area contributed by atoms with Crippen LogP contribution in [0.4, 0.5) is 17.1 Å². The van der Waals surface area contributed by atoms with Crippen LogP contribution in [0.5, 0.6) is 23.0 Å². The average Bonchev–Trinajstić information content (AvgIpc) is 2.91. The van der Waals surface area contributed by atoms with Crippen molar-refractivity contribution >= 4 is 43.9 Å². The van der Waals surface area contributed by atoms with Crippen LogP contribution in [-0.4, -0.2) is 45.3 Å². The first-order valence-electron chi connectivity index (χ1n) is 11.0. The fourth-order valence-electron chi connectivity index (χ4n) is 3.72. The van der Waals surface area contributed by atoms with Crippen molar-refractivity contribution in [2.45, 2.75) is 4.90 Å². The maximum atomic E-state index is 12.8. The number of ether oxygens (including phenoxy) is 3. The molecule has 0 aliphatic heterocycles. The molecule has 4 rings (SSSR count). The van der Waals surface area contributed by atoms with E-state index >= 15 is 0 Å². The summed E-state index contributed by atoms with van der Waals surface area (Å²) in [6.07, 6.45) is 0. The zero-order valence-electron chi connectivity index (χ0n) is 20.5. The van der Waals surface area contributed by atoms with Crippen LogP contribution >= 0.6 is 0 Å². The maximum Gasteiger partial charge on any atom is 0.296 e. The lowest BCUT2D eigenvalue weighted by molar-refractivity contribution is 0.102. The van der Waals surface area contributed by atoms with Crippen molar-refractivity contribution in [2.24, 2.45) is 10.2 Å². The van der Waals surface area contributed by atoms with Gasteiger partial charge in [0.15, 0.2) is 17.2 Å². The largest absolute Gasteiger partial charge is 0.505 e. The van der Waals surface area contributed by atoms with Crippen molar-refractivity contribution < 1.29 is 37.1 Å². The van der Waals surface area contributed by atoms with Crippen molar-refractivity contribution in [3.63, 3.8) is 0 Å². The molecule has 0 unspecified atom stereocenters. The molecular formula is C26H23N3O8S. The van der Waals surface area contributed by atoms with E-state index in [-0.39, 0.29) is 22.0 Å². The number of carbonyl (C=O) groups is 1. The van der Waals surface area contributed by atoms with E-state index in [1.807, 2.05) is 0 Å². The van der Waals surface area contributed by atoms with Crippen molar-refractivity contribution in [3.8, 4) is 23.0 Å². The molecule has 11 nitrogen and oxygen atoms in total. The number of azo groups is 1. The summed E-state index contributed by atoms with van der Waals surface area (Å²) < 4.78 is 49.8. The van der Waals surface area contributed by atoms with E-state index in [1.165, 1.54) is 45.6 Å². The van der Waals surface area contributed by atoms with Gasteiger partial charge in [-0.2, -0.15) is 8.42 Å². The molecule has 196 valence electrons. The number of aromatic hydroxyl groups is 1. The van der Waals surface area contributed by atoms with Gasteiger partial charge < -0.3 is 24.6 Å². The monoisotopic (exact) mass is 537 g/mol. The molecule has 38 heavy (non-hydrogen) atoms. The lowest BCUT2D eigenvalue weighted by atomic mass is 10.1. The van der Waals surface area contributed by atoms with E-state index in [2.05, 4.69) is 15.5 Å². The summed E-state index contributed by atoms with van der Waals surface area (Å²) in [6.45, 7) is 0. The molecule has 0 radical (unpaired) electrons. The van der Waals surface area contributed by atoms with Crippen LogP contribution in [0.3, 0.4) is 0 Å². The minimum Gasteiger partial charge on any atom is -0.505 e. The van der Waals surface area contributed by atoms with Gasteiger partial charge in [0, 0.05) is 16.6 Å². The van der Waals surface area contributed by atoms with Gasteiger partial charge in [0.1, 0.15) is 22.0 Å². The molecule has 0 bridgehead atoms. The number of benzene rings is 4. The summed E-state index contributed by atoms with van der Waals surface area (Å²) in [6, 6.07) is 16.9. The lowest BCUT2D eigenvalue weighted by Gasteiger charge is -2.12. The molecule has 0 saturated heterocycles. The van der Waals surface area contributed by atoms with Gasteiger partial charge in [0.2, 0.25) is 0 Å². The summed E-state index contributed by atoms with van der Waals surface area (Å²) in [5.41, 5.74) is 0.426. The van der Waals surface area contributed by atoms with E-state index in [0.29, 0.717) is 22.9 Å². The number of hydrogen-bond acceptors (Lipinski definition) is 9. The predicted octanol–water partition coefficient (Wildman–Crippen LogP) is 5.49. The van der Waals surface area contributed by atoms with Crippen LogP contribution in [0, 0.1) is 0 Å². The number of carbonyl (C=O) groups excluding carboxylic acids is 1. The van der Waals surface area contributed by atoms with E-state index in [4.69, 9.17) is 14.2 Å². The van der Waals surface area contributed by atoms with Crippen molar-refractivity contribution in [1.29, 1.82) is 0 Å². The summed E-state index contributed by atoms with van der Waals surface area (Å²) in [5, 5.41) is 21.9. The van der Waals surface area contributed by atoms with Gasteiger partial charge in [-0.3, -0.25) is 9.35 Å². The average molecular weight is 538 g/mol.